The fourth-order valence-corrected chi connectivity index (χ4v) is 5.97. The molecule has 4 atom stereocenters. The first-order valence-electron chi connectivity index (χ1n) is 11.4. The molecule has 1 aromatic carbocycles. The van der Waals surface area contributed by atoms with Crippen molar-refractivity contribution in [1.29, 1.82) is 5.26 Å². The number of carbonyl (C=O) groups is 3. The van der Waals surface area contributed by atoms with Crippen LogP contribution in [0.25, 0.3) is 0 Å². The summed E-state index contributed by atoms with van der Waals surface area (Å²) >= 11 is 0. The number of benzene rings is 1. The molecular formula is C24H26F3N3O5. The van der Waals surface area contributed by atoms with Gasteiger partial charge < -0.3 is 9.84 Å². The molecule has 3 aliphatic heterocycles. The van der Waals surface area contributed by atoms with Crippen LogP contribution in [0.15, 0.2) is 18.2 Å². The highest BCUT2D eigenvalue weighted by Gasteiger charge is 2.71. The maximum atomic E-state index is 13.5. The molecule has 35 heavy (non-hydrogen) atoms. The number of halogens is 3. The summed E-state index contributed by atoms with van der Waals surface area (Å²) in [5.74, 6) is -3.74. The lowest BCUT2D eigenvalue weighted by atomic mass is 9.79. The van der Waals surface area contributed by atoms with Crippen molar-refractivity contribution in [2.75, 3.05) is 24.5 Å². The molecule has 1 aromatic rings. The average molecular weight is 493 g/mol. The Labute approximate surface area is 200 Å². The first-order valence-corrected chi connectivity index (χ1v) is 11.4. The van der Waals surface area contributed by atoms with Gasteiger partial charge in [0.2, 0.25) is 11.8 Å². The molecule has 3 heterocycles. The van der Waals surface area contributed by atoms with Crippen LogP contribution in [0.3, 0.4) is 0 Å². The number of amides is 2. The third kappa shape index (κ3) is 4.29. The maximum absolute atomic E-state index is 13.5. The number of morpholine rings is 1. The Morgan fingerprint density at radius 1 is 1.14 bits per heavy atom. The summed E-state index contributed by atoms with van der Waals surface area (Å²) in [6, 6.07) is 4.34. The van der Waals surface area contributed by atoms with Crippen LogP contribution >= 0.6 is 0 Å². The fraction of sp³-hybridized carbons (Fsp3) is 0.583. The summed E-state index contributed by atoms with van der Waals surface area (Å²) in [5.41, 5.74) is -3.99. The van der Waals surface area contributed by atoms with Crippen LogP contribution in [0.4, 0.5) is 18.9 Å². The first kappa shape index (κ1) is 25.1. The van der Waals surface area contributed by atoms with Crippen LogP contribution in [-0.4, -0.2) is 58.6 Å². The Hall–Kier alpha value is -2.97. The van der Waals surface area contributed by atoms with Crippen molar-refractivity contribution in [3.63, 3.8) is 0 Å². The van der Waals surface area contributed by atoms with Crippen LogP contribution in [0, 0.1) is 23.2 Å². The molecule has 11 heteroatoms. The van der Waals surface area contributed by atoms with Gasteiger partial charge in [0.15, 0.2) is 0 Å². The summed E-state index contributed by atoms with van der Waals surface area (Å²) in [7, 11) is 0. The Morgan fingerprint density at radius 3 is 2.26 bits per heavy atom. The quantitative estimate of drug-likeness (QED) is 0.459. The minimum atomic E-state index is -4.81. The molecule has 2 bridgehead atoms. The van der Waals surface area contributed by atoms with Crippen molar-refractivity contribution < 1.29 is 37.4 Å². The summed E-state index contributed by atoms with van der Waals surface area (Å²) in [5, 5.41) is 17.8. The Morgan fingerprint density at radius 2 is 1.74 bits per heavy atom. The molecule has 3 saturated heterocycles. The second kappa shape index (κ2) is 8.60. The molecule has 3 fully saturated rings. The van der Waals surface area contributed by atoms with Gasteiger partial charge in [-0.2, -0.15) is 18.4 Å². The van der Waals surface area contributed by atoms with Crippen LogP contribution in [0.2, 0.25) is 0 Å². The van der Waals surface area contributed by atoms with E-state index in [1.165, 1.54) is 12.1 Å². The molecule has 2 unspecified atom stereocenters. The smallest absolute Gasteiger partial charge is 0.417 e. The topological polar surface area (TPSA) is 111 Å². The van der Waals surface area contributed by atoms with Gasteiger partial charge in [-0.3, -0.25) is 19.3 Å². The lowest BCUT2D eigenvalue weighted by Crippen LogP contribution is -2.58. The van der Waals surface area contributed by atoms with Gasteiger partial charge in [-0.15, -0.1) is 0 Å². The molecule has 0 aliphatic carbocycles. The molecule has 4 rings (SSSR count). The standard InChI is InChI=1S/C24H26F3N3O5/c1-22-12-29(9-5-3-4-6-17(31)32)13-23(2,35-22)19-18(22)20(33)30(21(19)34)15-8-7-14(11-28)16(10-15)24(25,26)27/h7-8,10,18-19H,3-6,9,12-13H2,1-2H3,(H,31,32)/t18?,19?,22-,23+. The molecule has 8 nitrogen and oxygen atoms in total. The van der Waals surface area contributed by atoms with Gasteiger partial charge >= 0.3 is 12.1 Å². The SMILES string of the molecule is C[C@]12CN(CCCCCC(=O)O)C[C@](C)(O1)C1C(=O)N(c3ccc(C#N)c(C(F)(F)F)c3)C(=O)C12. The van der Waals surface area contributed by atoms with Gasteiger partial charge in [0, 0.05) is 19.5 Å². The summed E-state index contributed by atoms with van der Waals surface area (Å²) in [4.78, 5) is 40.6. The number of ether oxygens (including phenoxy) is 1. The Balaban J connectivity index is 1.57. The number of fused-ring (bicyclic) bond motifs is 5. The van der Waals surface area contributed by atoms with Gasteiger partial charge in [-0.05, 0) is 51.4 Å². The number of hydrogen-bond donors (Lipinski definition) is 1. The lowest BCUT2D eigenvalue weighted by molar-refractivity contribution is -0.169. The van der Waals surface area contributed by atoms with Crippen molar-refractivity contribution in [3.05, 3.63) is 29.3 Å². The zero-order chi connectivity index (χ0) is 25.8. The zero-order valence-electron chi connectivity index (χ0n) is 19.4. The Bertz CT molecular complexity index is 1080. The molecule has 0 aromatic heterocycles. The zero-order valence-corrected chi connectivity index (χ0v) is 19.4. The predicted molar refractivity (Wildman–Crippen MR) is 116 cm³/mol. The molecular weight excluding hydrogens is 467 g/mol. The summed E-state index contributed by atoms with van der Waals surface area (Å²) in [6.07, 6.45) is -2.65. The third-order valence-corrected chi connectivity index (χ3v) is 7.22. The van der Waals surface area contributed by atoms with Crippen LogP contribution in [0.5, 0.6) is 0 Å². The second-order valence-electron chi connectivity index (χ2n) is 9.95. The number of nitrogens with zero attached hydrogens (tertiary/aromatic N) is 3. The van der Waals surface area contributed by atoms with E-state index in [1.807, 2.05) is 0 Å². The van der Waals surface area contributed by atoms with Gasteiger partial charge in [-0.25, -0.2) is 4.90 Å². The van der Waals surface area contributed by atoms with Crippen LogP contribution in [0.1, 0.15) is 50.7 Å². The second-order valence-corrected chi connectivity index (χ2v) is 9.95. The predicted octanol–water partition coefficient (Wildman–Crippen LogP) is 3.19. The van der Waals surface area contributed by atoms with E-state index in [2.05, 4.69) is 4.90 Å². The van der Waals surface area contributed by atoms with E-state index >= 15 is 0 Å². The van der Waals surface area contributed by atoms with Crippen molar-refractivity contribution in [1.82, 2.24) is 4.90 Å². The van der Waals surface area contributed by atoms with Crippen molar-refractivity contribution in [3.8, 4) is 6.07 Å². The van der Waals surface area contributed by atoms with Crippen LogP contribution in [-0.2, 0) is 25.3 Å². The molecule has 188 valence electrons. The number of likely N-dealkylation sites (tertiary alicyclic amines) is 1. The van der Waals surface area contributed by atoms with Crippen molar-refractivity contribution in [2.24, 2.45) is 11.8 Å². The number of anilines is 1. The number of carboxylic acid groups (broad SMARTS) is 1. The van der Waals surface area contributed by atoms with E-state index in [-0.39, 0.29) is 12.1 Å². The Kier molecular flexibility index (Phi) is 6.18. The van der Waals surface area contributed by atoms with E-state index in [4.69, 9.17) is 15.1 Å². The summed E-state index contributed by atoms with van der Waals surface area (Å²) in [6.45, 7) is 4.90. The number of nitriles is 1. The van der Waals surface area contributed by atoms with Crippen molar-refractivity contribution in [2.45, 2.75) is 56.9 Å². The molecule has 0 spiro atoms. The number of imide groups is 1. The van der Waals surface area contributed by atoms with Crippen molar-refractivity contribution >= 4 is 23.5 Å². The van der Waals surface area contributed by atoms with E-state index < -0.39 is 58.1 Å². The molecule has 1 N–H and O–H groups in total. The largest absolute Gasteiger partial charge is 0.481 e. The highest BCUT2D eigenvalue weighted by molar-refractivity contribution is 6.23. The minimum Gasteiger partial charge on any atom is -0.481 e. The van der Waals surface area contributed by atoms with Crippen LogP contribution < -0.4 is 4.90 Å². The molecule has 0 radical (unpaired) electrons. The molecule has 3 aliphatic rings. The fourth-order valence-electron chi connectivity index (χ4n) is 5.97. The van der Waals surface area contributed by atoms with E-state index in [0.29, 0.717) is 32.1 Å². The van der Waals surface area contributed by atoms with Gasteiger partial charge in [-0.1, -0.05) is 6.42 Å². The number of rotatable bonds is 7. The van der Waals surface area contributed by atoms with Gasteiger partial charge in [0.25, 0.3) is 0 Å². The average Bonchev–Trinajstić information content (AvgIpc) is 3.12. The maximum Gasteiger partial charge on any atom is 0.417 e. The number of carbonyl (C=O) groups excluding carboxylic acids is 2. The van der Waals surface area contributed by atoms with Gasteiger partial charge in [0.1, 0.15) is 0 Å². The van der Waals surface area contributed by atoms with E-state index in [0.717, 1.165) is 23.8 Å². The number of carboxylic acids is 1. The molecule has 0 saturated carbocycles. The highest BCUT2D eigenvalue weighted by Crippen LogP contribution is 2.55. The van der Waals surface area contributed by atoms with Gasteiger partial charge in [0.05, 0.1) is 45.9 Å². The first-order chi connectivity index (χ1) is 16.3. The minimum absolute atomic E-state index is 0.104. The number of alkyl halides is 3. The van der Waals surface area contributed by atoms with E-state index in [1.54, 1.807) is 13.8 Å². The normalized spacial score (nSPS) is 30.5. The molecule has 2 amide bonds. The highest BCUT2D eigenvalue weighted by atomic mass is 19.4. The number of unbranched alkanes of at least 4 members (excludes halogenated alkanes) is 2. The number of hydrogen-bond acceptors (Lipinski definition) is 6. The summed E-state index contributed by atoms with van der Waals surface area (Å²) < 4.78 is 46.7. The monoisotopic (exact) mass is 493 g/mol. The number of aliphatic carboxylic acids is 1. The third-order valence-electron chi connectivity index (χ3n) is 7.22. The van der Waals surface area contributed by atoms with E-state index in [9.17, 15) is 27.6 Å². The lowest BCUT2D eigenvalue weighted by Gasteiger charge is -2.45.